The zero-order valence-electron chi connectivity index (χ0n) is 12.9. The van der Waals surface area contributed by atoms with E-state index in [0.29, 0.717) is 19.0 Å². The van der Waals surface area contributed by atoms with Crippen molar-refractivity contribution < 1.29 is 22.4 Å². The Kier molecular flexibility index (Phi) is 5.62. The van der Waals surface area contributed by atoms with Crippen LogP contribution >= 0.6 is 0 Å². The number of amides is 1. The molecule has 1 aliphatic heterocycles. The monoisotopic (exact) mass is 332 g/mol. The summed E-state index contributed by atoms with van der Waals surface area (Å²) < 4.78 is 52.0. The Morgan fingerprint density at radius 3 is 2.74 bits per heavy atom. The van der Waals surface area contributed by atoms with Crippen LogP contribution in [0.4, 0.5) is 17.6 Å². The molecule has 1 aliphatic rings. The fourth-order valence-electron chi connectivity index (χ4n) is 2.95. The van der Waals surface area contributed by atoms with Gasteiger partial charge in [0.2, 0.25) is 5.91 Å². The lowest BCUT2D eigenvalue weighted by Crippen LogP contribution is -2.49. The predicted octanol–water partition coefficient (Wildman–Crippen LogP) is 3.34. The van der Waals surface area contributed by atoms with Crippen LogP contribution in [0.3, 0.4) is 0 Å². The van der Waals surface area contributed by atoms with E-state index in [1.807, 2.05) is 11.8 Å². The van der Waals surface area contributed by atoms with Gasteiger partial charge in [-0.1, -0.05) is 13.3 Å². The Labute approximate surface area is 132 Å². The van der Waals surface area contributed by atoms with E-state index in [2.05, 4.69) is 5.32 Å². The Bertz CT molecular complexity index is 560. The second-order valence-electron chi connectivity index (χ2n) is 5.66. The number of likely N-dealkylation sites (N-methyl/N-ethyl adjacent to an activating group) is 1. The van der Waals surface area contributed by atoms with Gasteiger partial charge in [-0.2, -0.15) is 13.2 Å². The molecule has 1 aromatic rings. The Balaban J connectivity index is 2.08. The van der Waals surface area contributed by atoms with Crippen LogP contribution in [0.25, 0.3) is 0 Å². The summed E-state index contributed by atoms with van der Waals surface area (Å²) in [5.74, 6) is -1.06. The normalized spacial score (nSPS) is 19.6. The standard InChI is InChI=1S/C16H20F4N2O/c1-2-22-8-4-3-5-14(22)15(23)21-10-11-9-12(17)6-7-13(11)16(18,19)20/h6-7,9,14H,2-5,8,10H2,1H3,(H,21,23)/t14-/m0/s1. The largest absolute Gasteiger partial charge is 0.416 e. The summed E-state index contributed by atoms with van der Waals surface area (Å²) in [4.78, 5) is 14.3. The minimum atomic E-state index is -4.58. The van der Waals surface area contributed by atoms with Crippen LogP contribution in [0.1, 0.15) is 37.3 Å². The van der Waals surface area contributed by atoms with Crippen molar-refractivity contribution in [1.82, 2.24) is 10.2 Å². The average Bonchev–Trinajstić information content (AvgIpc) is 2.51. The van der Waals surface area contributed by atoms with E-state index in [9.17, 15) is 22.4 Å². The molecule has 1 atom stereocenters. The number of alkyl halides is 3. The number of piperidine rings is 1. The molecular weight excluding hydrogens is 312 g/mol. The number of hydrogen-bond donors (Lipinski definition) is 1. The van der Waals surface area contributed by atoms with Crippen molar-refractivity contribution in [3.8, 4) is 0 Å². The maximum Gasteiger partial charge on any atom is 0.416 e. The molecule has 0 aliphatic carbocycles. The zero-order valence-corrected chi connectivity index (χ0v) is 12.9. The first-order chi connectivity index (χ1) is 10.8. The van der Waals surface area contributed by atoms with E-state index < -0.39 is 17.6 Å². The summed E-state index contributed by atoms with van der Waals surface area (Å²) in [6, 6.07) is 1.97. The van der Waals surface area contributed by atoms with Crippen LogP contribution in [0.15, 0.2) is 18.2 Å². The molecule has 1 amide bonds. The number of nitrogens with zero attached hydrogens (tertiary/aromatic N) is 1. The van der Waals surface area contributed by atoms with E-state index in [0.717, 1.165) is 31.5 Å². The average molecular weight is 332 g/mol. The van der Waals surface area contributed by atoms with Crippen LogP contribution < -0.4 is 5.32 Å². The number of benzene rings is 1. The number of hydrogen-bond acceptors (Lipinski definition) is 2. The van der Waals surface area contributed by atoms with Gasteiger partial charge in [-0.05, 0) is 49.7 Å². The third-order valence-electron chi connectivity index (χ3n) is 4.15. The van der Waals surface area contributed by atoms with E-state index in [1.165, 1.54) is 0 Å². The molecule has 128 valence electrons. The molecule has 1 heterocycles. The van der Waals surface area contributed by atoms with Crippen LogP contribution in [0.5, 0.6) is 0 Å². The molecule has 0 saturated carbocycles. The molecule has 1 aromatic carbocycles. The van der Waals surface area contributed by atoms with Crippen molar-refractivity contribution in [2.75, 3.05) is 13.1 Å². The highest BCUT2D eigenvalue weighted by Crippen LogP contribution is 2.32. The molecule has 3 nitrogen and oxygen atoms in total. The molecule has 0 unspecified atom stereocenters. The Morgan fingerprint density at radius 2 is 2.09 bits per heavy atom. The van der Waals surface area contributed by atoms with Gasteiger partial charge in [-0.25, -0.2) is 4.39 Å². The first kappa shape index (κ1) is 17.7. The lowest BCUT2D eigenvalue weighted by atomic mass is 10.0. The molecule has 0 bridgehead atoms. The molecular formula is C16H20F4N2O. The van der Waals surface area contributed by atoms with Crippen LogP contribution in [-0.2, 0) is 17.5 Å². The number of nitrogens with one attached hydrogen (secondary N) is 1. The molecule has 1 N–H and O–H groups in total. The third kappa shape index (κ3) is 4.43. The molecule has 0 aromatic heterocycles. The van der Waals surface area contributed by atoms with Gasteiger partial charge in [-0.3, -0.25) is 9.69 Å². The zero-order chi connectivity index (χ0) is 17.0. The molecule has 0 spiro atoms. The van der Waals surface area contributed by atoms with Gasteiger partial charge in [0.05, 0.1) is 11.6 Å². The predicted molar refractivity (Wildman–Crippen MR) is 78.1 cm³/mol. The summed E-state index contributed by atoms with van der Waals surface area (Å²) in [6.45, 7) is 3.13. The molecule has 2 rings (SSSR count). The molecule has 7 heteroatoms. The number of carbonyl (C=O) groups excluding carboxylic acids is 1. The summed E-state index contributed by atoms with van der Waals surface area (Å²) >= 11 is 0. The molecule has 1 fully saturated rings. The van der Waals surface area contributed by atoms with E-state index >= 15 is 0 Å². The second-order valence-corrected chi connectivity index (χ2v) is 5.66. The van der Waals surface area contributed by atoms with E-state index in [4.69, 9.17) is 0 Å². The minimum absolute atomic E-state index is 0.260. The summed E-state index contributed by atoms with van der Waals surface area (Å²) in [5, 5.41) is 2.53. The van der Waals surface area contributed by atoms with Crippen molar-refractivity contribution in [3.05, 3.63) is 35.1 Å². The van der Waals surface area contributed by atoms with Crippen molar-refractivity contribution in [2.45, 2.75) is 44.9 Å². The highest BCUT2D eigenvalue weighted by atomic mass is 19.4. The van der Waals surface area contributed by atoms with E-state index in [1.54, 1.807) is 0 Å². The quantitative estimate of drug-likeness (QED) is 0.858. The van der Waals surface area contributed by atoms with Crippen molar-refractivity contribution in [1.29, 1.82) is 0 Å². The number of likely N-dealkylation sites (tertiary alicyclic amines) is 1. The Hall–Kier alpha value is -1.63. The molecule has 23 heavy (non-hydrogen) atoms. The van der Waals surface area contributed by atoms with Crippen LogP contribution in [0.2, 0.25) is 0 Å². The lowest BCUT2D eigenvalue weighted by Gasteiger charge is -2.33. The summed E-state index contributed by atoms with van der Waals surface area (Å²) in [5.41, 5.74) is -1.18. The van der Waals surface area contributed by atoms with Crippen molar-refractivity contribution >= 4 is 5.91 Å². The Morgan fingerprint density at radius 1 is 1.35 bits per heavy atom. The first-order valence-electron chi connectivity index (χ1n) is 7.70. The fourth-order valence-corrected chi connectivity index (χ4v) is 2.95. The van der Waals surface area contributed by atoms with Crippen LogP contribution in [-0.4, -0.2) is 29.9 Å². The SMILES string of the molecule is CCN1CCCC[C@H]1C(=O)NCc1cc(F)ccc1C(F)(F)F. The fraction of sp³-hybridized carbons (Fsp3) is 0.562. The van der Waals surface area contributed by atoms with Crippen molar-refractivity contribution in [2.24, 2.45) is 0 Å². The lowest BCUT2D eigenvalue weighted by molar-refractivity contribution is -0.138. The maximum absolute atomic E-state index is 13.2. The number of carbonyl (C=O) groups is 1. The summed E-state index contributed by atoms with van der Waals surface area (Å²) in [7, 11) is 0. The smallest absolute Gasteiger partial charge is 0.351 e. The van der Waals surface area contributed by atoms with Gasteiger partial charge in [0.25, 0.3) is 0 Å². The highest BCUT2D eigenvalue weighted by molar-refractivity contribution is 5.81. The topological polar surface area (TPSA) is 32.3 Å². The van der Waals surface area contributed by atoms with Gasteiger partial charge in [0.1, 0.15) is 5.82 Å². The minimum Gasteiger partial charge on any atom is -0.351 e. The number of rotatable bonds is 4. The van der Waals surface area contributed by atoms with Crippen molar-refractivity contribution in [3.63, 3.8) is 0 Å². The second kappa shape index (κ2) is 7.29. The van der Waals surface area contributed by atoms with Gasteiger partial charge >= 0.3 is 6.18 Å². The van der Waals surface area contributed by atoms with Gasteiger partial charge < -0.3 is 5.32 Å². The molecule has 1 saturated heterocycles. The maximum atomic E-state index is 13.2. The third-order valence-corrected chi connectivity index (χ3v) is 4.15. The van der Waals surface area contributed by atoms with Gasteiger partial charge in [0.15, 0.2) is 0 Å². The van der Waals surface area contributed by atoms with E-state index in [-0.39, 0.29) is 24.1 Å². The molecule has 0 radical (unpaired) electrons. The summed E-state index contributed by atoms with van der Waals surface area (Å²) in [6.07, 6.45) is -1.95. The van der Waals surface area contributed by atoms with Gasteiger partial charge in [0, 0.05) is 6.54 Å². The van der Waals surface area contributed by atoms with Gasteiger partial charge in [-0.15, -0.1) is 0 Å². The van der Waals surface area contributed by atoms with Crippen LogP contribution in [0, 0.1) is 5.82 Å². The highest BCUT2D eigenvalue weighted by Gasteiger charge is 2.34. The first-order valence-corrected chi connectivity index (χ1v) is 7.70. The number of halogens is 4.